The molecular weight excluding hydrogens is 296 g/mol. The molecule has 0 amide bonds. The summed E-state index contributed by atoms with van der Waals surface area (Å²) in [6.45, 7) is 4.42. The van der Waals surface area contributed by atoms with Crippen LogP contribution in [0.2, 0.25) is 0 Å². The highest BCUT2D eigenvalue weighted by atomic mass is 16.7. The number of rotatable bonds is 7. The summed E-state index contributed by atoms with van der Waals surface area (Å²) in [4.78, 5) is 8.42. The second-order valence-corrected chi connectivity index (χ2v) is 6.62. The minimum absolute atomic E-state index is 0.142. The lowest BCUT2D eigenvalue weighted by Crippen LogP contribution is -2.43. The molecule has 0 spiro atoms. The van der Waals surface area contributed by atoms with Crippen molar-refractivity contribution in [2.24, 2.45) is 5.92 Å². The fraction of sp³-hybridized carbons (Fsp3) is 0.429. The number of para-hydroxylation sites is 1. The molecule has 0 radical (unpaired) electrons. The Morgan fingerprint density at radius 2 is 1.62 bits per heavy atom. The lowest BCUT2D eigenvalue weighted by Gasteiger charge is -2.36. The Morgan fingerprint density at radius 1 is 1.00 bits per heavy atom. The van der Waals surface area contributed by atoms with Gasteiger partial charge in [-0.05, 0) is 49.3 Å². The zero-order chi connectivity index (χ0) is 16.6. The number of benzene rings is 2. The molecule has 1 saturated heterocycles. The third-order valence-electron chi connectivity index (χ3n) is 4.86. The van der Waals surface area contributed by atoms with Crippen LogP contribution in [-0.2, 0) is 11.3 Å². The largest absolute Gasteiger partial charge is 0.276 e. The summed E-state index contributed by atoms with van der Waals surface area (Å²) in [5.41, 5.74) is 5.57. The zero-order valence-electron chi connectivity index (χ0n) is 14.5. The molecule has 1 atom stereocenters. The Balaban J connectivity index is 1.45. The first kappa shape index (κ1) is 17.0. The van der Waals surface area contributed by atoms with Crippen LogP contribution in [0.4, 0.5) is 5.69 Å². The van der Waals surface area contributed by atoms with E-state index in [9.17, 15) is 0 Å². The quantitative estimate of drug-likeness (QED) is 0.746. The summed E-state index contributed by atoms with van der Waals surface area (Å²) in [6.07, 6.45) is 4.83. The maximum Gasteiger partial charge on any atom is 0.138 e. The Labute approximate surface area is 145 Å². The number of likely N-dealkylation sites (tertiary alicyclic amines) is 1. The summed E-state index contributed by atoms with van der Waals surface area (Å²) in [6, 6.07) is 21.0. The van der Waals surface area contributed by atoms with Gasteiger partial charge in [0.15, 0.2) is 0 Å². The van der Waals surface area contributed by atoms with Gasteiger partial charge in [0.05, 0.1) is 5.69 Å². The number of hydrogen-bond donors (Lipinski definition) is 1. The number of piperidine rings is 1. The highest BCUT2D eigenvalue weighted by molar-refractivity contribution is 5.40. The normalized spacial score (nSPS) is 17.5. The average molecular weight is 324 g/mol. The Kier molecular flexibility index (Phi) is 6.27. The van der Waals surface area contributed by atoms with E-state index in [0.717, 1.165) is 31.1 Å². The predicted molar refractivity (Wildman–Crippen MR) is 99.7 cm³/mol. The molecule has 1 aliphatic rings. The average Bonchev–Trinajstić information content (AvgIpc) is 2.65. The zero-order valence-corrected chi connectivity index (χ0v) is 14.5. The number of nitrogens with zero attached hydrogens (tertiary/aromatic N) is 1. The van der Waals surface area contributed by atoms with Crippen LogP contribution >= 0.6 is 0 Å². The van der Waals surface area contributed by atoms with Gasteiger partial charge in [-0.1, -0.05) is 55.5 Å². The lowest BCUT2D eigenvalue weighted by atomic mass is 9.90. The Morgan fingerprint density at radius 3 is 2.25 bits per heavy atom. The molecule has 2 aromatic rings. The van der Waals surface area contributed by atoms with E-state index in [1.807, 2.05) is 30.3 Å². The monoisotopic (exact) mass is 324 g/mol. The van der Waals surface area contributed by atoms with Crippen LogP contribution in [-0.4, -0.2) is 24.2 Å². The summed E-state index contributed by atoms with van der Waals surface area (Å²) in [7, 11) is 0. The van der Waals surface area contributed by atoms with Crippen molar-refractivity contribution in [1.82, 2.24) is 4.90 Å². The third kappa shape index (κ3) is 4.83. The fourth-order valence-corrected chi connectivity index (χ4v) is 3.45. The van der Waals surface area contributed by atoms with E-state index in [0.29, 0.717) is 0 Å². The van der Waals surface area contributed by atoms with E-state index in [-0.39, 0.29) is 6.23 Å². The molecule has 0 aromatic heterocycles. The van der Waals surface area contributed by atoms with Gasteiger partial charge in [0.2, 0.25) is 0 Å². The molecule has 1 fully saturated rings. The van der Waals surface area contributed by atoms with Gasteiger partial charge in [-0.3, -0.25) is 15.2 Å². The van der Waals surface area contributed by atoms with Gasteiger partial charge < -0.3 is 0 Å². The van der Waals surface area contributed by atoms with Gasteiger partial charge in [0.1, 0.15) is 6.23 Å². The first-order valence-corrected chi connectivity index (χ1v) is 9.10. The highest BCUT2D eigenvalue weighted by Crippen LogP contribution is 2.24. The van der Waals surface area contributed by atoms with Gasteiger partial charge in [0, 0.05) is 13.1 Å². The standard InChI is InChI=1S/C21H28N2O/c1-2-21(24-22-20-11-7-4-8-12-20)23-15-13-19(14-16-23)17-18-9-5-3-6-10-18/h3-12,19,21-22H,2,13-17H2,1H3. The minimum Gasteiger partial charge on any atom is -0.276 e. The summed E-state index contributed by atoms with van der Waals surface area (Å²) >= 11 is 0. The molecule has 128 valence electrons. The first-order chi connectivity index (χ1) is 11.8. The van der Waals surface area contributed by atoms with Gasteiger partial charge in [0.25, 0.3) is 0 Å². The molecule has 1 N–H and O–H groups in total. The van der Waals surface area contributed by atoms with Crippen LogP contribution < -0.4 is 5.48 Å². The second kappa shape index (κ2) is 8.86. The molecular formula is C21H28N2O. The van der Waals surface area contributed by atoms with Crippen LogP contribution in [0.5, 0.6) is 0 Å². The van der Waals surface area contributed by atoms with E-state index >= 15 is 0 Å². The molecule has 3 heteroatoms. The van der Waals surface area contributed by atoms with Crippen molar-refractivity contribution in [2.45, 2.75) is 38.8 Å². The number of hydrogen-bond acceptors (Lipinski definition) is 3. The van der Waals surface area contributed by atoms with Gasteiger partial charge in [-0.25, -0.2) is 0 Å². The van der Waals surface area contributed by atoms with E-state index < -0.39 is 0 Å². The summed E-state index contributed by atoms with van der Waals surface area (Å²) in [5.74, 6) is 0.795. The van der Waals surface area contributed by atoms with Crippen molar-refractivity contribution < 1.29 is 4.84 Å². The summed E-state index contributed by atoms with van der Waals surface area (Å²) < 4.78 is 0. The number of anilines is 1. The highest BCUT2D eigenvalue weighted by Gasteiger charge is 2.25. The number of nitrogens with one attached hydrogen (secondary N) is 1. The van der Waals surface area contributed by atoms with Crippen LogP contribution in [0.3, 0.4) is 0 Å². The molecule has 1 aliphatic heterocycles. The molecule has 2 aromatic carbocycles. The maximum absolute atomic E-state index is 5.95. The molecule has 3 nitrogen and oxygen atoms in total. The SMILES string of the molecule is CCC(ONc1ccccc1)N1CCC(Cc2ccccc2)CC1. The second-order valence-electron chi connectivity index (χ2n) is 6.62. The molecule has 0 bridgehead atoms. The van der Waals surface area contributed by atoms with Crippen LogP contribution in [0.15, 0.2) is 60.7 Å². The van der Waals surface area contributed by atoms with Crippen molar-refractivity contribution in [3.63, 3.8) is 0 Å². The van der Waals surface area contributed by atoms with Gasteiger partial charge in [-0.2, -0.15) is 0 Å². The minimum atomic E-state index is 0.142. The Bertz CT molecular complexity index is 579. The molecule has 3 rings (SSSR count). The van der Waals surface area contributed by atoms with Crippen molar-refractivity contribution in [3.05, 3.63) is 66.2 Å². The molecule has 1 unspecified atom stereocenters. The van der Waals surface area contributed by atoms with Gasteiger partial charge >= 0.3 is 0 Å². The van der Waals surface area contributed by atoms with E-state index in [2.05, 4.69) is 47.6 Å². The topological polar surface area (TPSA) is 24.5 Å². The van der Waals surface area contributed by atoms with Crippen molar-refractivity contribution in [2.75, 3.05) is 18.6 Å². The van der Waals surface area contributed by atoms with Crippen LogP contribution in [0, 0.1) is 5.92 Å². The van der Waals surface area contributed by atoms with Crippen molar-refractivity contribution in [3.8, 4) is 0 Å². The summed E-state index contributed by atoms with van der Waals surface area (Å²) in [5, 5.41) is 0. The van der Waals surface area contributed by atoms with E-state index in [1.165, 1.54) is 24.8 Å². The molecule has 0 saturated carbocycles. The molecule has 0 aliphatic carbocycles. The lowest BCUT2D eigenvalue weighted by molar-refractivity contribution is -0.0504. The molecule has 1 heterocycles. The van der Waals surface area contributed by atoms with Gasteiger partial charge in [-0.15, -0.1) is 0 Å². The smallest absolute Gasteiger partial charge is 0.138 e. The Hall–Kier alpha value is -1.84. The maximum atomic E-state index is 5.95. The third-order valence-corrected chi connectivity index (χ3v) is 4.86. The predicted octanol–water partition coefficient (Wildman–Crippen LogP) is 4.72. The van der Waals surface area contributed by atoms with Crippen molar-refractivity contribution >= 4 is 5.69 Å². The van der Waals surface area contributed by atoms with E-state index in [4.69, 9.17) is 4.84 Å². The van der Waals surface area contributed by atoms with Crippen molar-refractivity contribution in [1.29, 1.82) is 0 Å². The first-order valence-electron chi connectivity index (χ1n) is 9.10. The molecule has 24 heavy (non-hydrogen) atoms. The fourth-order valence-electron chi connectivity index (χ4n) is 3.45. The van der Waals surface area contributed by atoms with Crippen LogP contribution in [0.25, 0.3) is 0 Å². The van der Waals surface area contributed by atoms with E-state index in [1.54, 1.807) is 0 Å². The van der Waals surface area contributed by atoms with Crippen LogP contribution in [0.1, 0.15) is 31.7 Å².